The zero-order chi connectivity index (χ0) is 16.1. The number of amides is 1. The second kappa shape index (κ2) is 6.80. The van der Waals surface area contributed by atoms with Crippen LogP contribution in [0, 0.1) is 5.82 Å². The summed E-state index contributed by atoms with van der Waals surface area (Å²) in [6.07, 6.45) is 0. The van der Waals surface area contributed by atoms with Crippen LogP contribution in [0.3, 0.4) is 0 Å². The molecule has 5 nitrogen and oxygen atoms in total. The van der Waals surface area contributed by atoms with Crippen LogP contribution in [0.4, 0.5) is 4.39 Å². The van der Waals surface area contributed by atoms with Gasteiger partial charge < -0.3 is 19.9 Å². The molecule has 0 aliphatic rings. The van der Waals surface area contributed by atoms with Crippen LogP contribution in [0.1, 0.15) is 15.9 Å². The Hall–Kier alpha value is -2.76. The van der Waals surface area contributed by atoms with Crippen LogP contribution in [0.2, 0.25) is 0 Å². The van der Waals surface area contributed by atoms with E-state index in [1.54, 1.807) is 12.1 Å². The fraction of sp³-hybridized carbons (Fsp3) is 0.188. The first kappa shape index (κ1) is 15.6. The van der Waals surface area contributed by atoms with Crippen LogP contribution in [0.5, 0.6) is 17.2 Å². The van der Waals surface area contributed by atoms with E-state index in [0.717, 1.165) is 0 Å². The number of nitrogens with two attached hydrogens (primary N) is 1. The smallest absolute Gasteiger partial charge is 0.252 e. The maximum atomic E-state index is 13.4. The number of hydrogen-bond donors (Lipinski definition) is 1. The van der Waals surface area contributed by atoms with E-state index in [9.17, 15) is 9.18 Å². The highest BCUT2D eigenvalue weighted by atomic mass is 19.1. The van der Waals surface area contributed by atoms with Gasteiger partial charge in [-0.3, -0.25) is 4.79 Å². The first-order valence-electron chi connectivity index (χ1n) is 6.48. The summed E-state index contributed by atoms with van der Waals surface area (Å²) in [6, 6.07) is 8.91. The van der Waals surface area contributed by atoms with Gasteiger partial charge in [-0.25, -0.2) is 4.39 Å². The molecular weight excluding hydrogens is 289 g/mol. The van der Waals surface area contributed by atoms with Gasteiger partial charge in [0.15, 0.2) is 11.5 Å². The van der Waals surface area contributed by atoms with Gasteiger partial charge in [-0.2, -0.15) is 0 Å². The molecule has 2 rings (SSSR count). The van der Waals surface area contributed by atoms with E-state index in [0.29, 0.717) is 17.1 Å². The molecule has 0 heterocycles. The lowest BCUT2D eigenvalue weighted by Crippen LogP contribution is -2.13. The molecule has 2 aromatic carbocycles. The number of ether oxygens (including phenoxy) is 3. The molecular formula is C16H16FNO4. The molecule has 0 saturated carbocycles. The average Bonchev–Trinajstić information content (AvgIpc) is 2.52. The Balaban J connectivity index is 2.32. The number of rotatable bonds is 6. The Labute approximate surface area is 127 Å². The van der Waals surface area contributed by atoms with Crippen molar-refractivity contribution in [2.45, 2.75) is 6.61 Å². The van der Waals surface area contributed by atoms with Gasteiger partial charge in [0, 0.05) is 5.56 Å². The summed E-state index contributed by atoms with van der Waals surface area (Å²) in [5.74, 6) is 0.0158. The normalized spacial score (nSPS) is 10.1. The van der Waals surface area contributed by atoms with Crippen molar-refractivity contribution in [2.24, 2.45) is 5.73 Å². The number of primary amides is 1. The molecule has 0 unspecified atom stereocenters. The Morgan fingerprint density at radius 1 is 1.14 bits per heavy atom. The van der Waals surface area contributed by atoms with Crippen LogP contribution in [0.25, 0.3) is 0 Å². The molecule has 0 spiro atoms. The number of carbonyl (C=O) groups excluding carboxylic acids is 1. The lowest BCUT2D eigenvalue weighted by molar-refractivity contribution is 0.0995. The maximum absolute atomic E-state index is 13.4. The van der Waals surface area contributed by atoms with Crippen LogP contribution in [-0.4, -0.2) is 20.1 Å². The highest BCUT2D eigenvalue weighted by molar-refractivity contribution is 5.96. The molecule has 2 aromatic rings. The zero-order valence-electron chi connectivity index (χ0n) is 12.3. The van der Waals surface area contributed by atoms with E-state index in [2.05, 4.69) is 0 Å². The van der Waals surface area contributed by atoms with Gasteiger partial charge in [-0.15, -0.1) is 0 Å². The fourth-order valence-corrected chi connectivity index (χ4v) is 2.03. The van der Waals surface area contributed by atoms with E-state index in [1.165, 1.54) is 38.5 Å². The second-order valence-corrected chi connectivity index (χ2v) is 4.45. The average molecular weight is 305 g/mol. The van der Waals surface area contributed by atoms with Gasteiger partial charge in [0.2, 0.25) is 0 Å². The molecule has 0 aliphatic heterocycles. The molecule has 0 saturated heterocycles. The van der Waals surface area contributed by atoms with Crippen molar-refractivity contribution >= 4 is 5.91 Å². The third-order valence-electron chi connectivity index (χ3n) is 3.08. The number of carbonyl (C=O) groups is 1. The Bertz CT molecular complexity index is 688. The molecule has 1 amide bonds. The second-order valence-electron chi connectivity index (χ2n) is 4.45. The summed E-state index contributed by atoms with van der Waals surface area (Å²) < 4.78 is 29.3. The molecule has 0 fully saturated rings. The minimum absolute atomic E-state index is 0.00157. The molecule has 6 heteroatoms. The minimum atomic E-state index is -0.639. The zero-order valence-corrected chi connectivity index (χ0v) is 12.3. The molecule has 0 radical (unpaired) electrons. The number of para-hydroxylation sites is 1. The summed E-state index contributed by atoms with van der Waals surface area (Å²) in [7, 11) is 2.93. The summed E-state index contributed by atoms with van der Waals surface area (Å²) in [5.41, 5.74) is 6.02. The van der Waals surface area contributed by atoms with Gasteiger partial charge in [-0.1, -0.05) is 6.07 Å². The van der Waals surface area contributed by atoms with Crippen molar-refractivity contribution in [3.63, 3.8) is 0 Å². The van der Waals surface area contributed by atoms with E-state index < -0.39 is 11.7 Å². The van der Waals surface area contributed by atoms with Crippen LogP contribution in [-0.2, 0) is 6.61 Å². The van der Waals surface area contributed by atoms with E-state index >= 15 is 0 Å². The predicted octanol–water partition coefficient (Wildman–Crippen LogP) is 2.52. The summed E-state index contributed by atoms with van der Waals surface area (Å²) >= 11 is 0. The molecule has 0 bridgehead atoms. The van der Waals surface area contributed by atoms with Crippen LogP contribution < -0.4 is 19.9 Å². The van der Waals surface area contributed by atoms with Gasteiger partial charge in [0.05, 0.1) is 19.8 Å². The summed E-state index contributed by atoms with van der Waals surface area (Å²) in [5, 5.41) is 0. The molecule has 22 heavy (non-hydrogen) atoms. The van der Waals surface area contributed by atoms with E-state index in [1.807, 2.05) is 0 Å². The van der Waals surface area contributed by atoms with E-state index in [-0.39, 0.29) is 17.9 Å². The first-order valence-corrected chi connectivity index (χ1v) is 6.48. The van der Waals surface area contributed by atoms with Crippen LogP contribution in [0.15, 0.2) is 36.4 Å². The van der Waals surface area contributed by atoms with Crippen molar-refractivity contribution in [3.8, 4) is 17.2 Å². The van der Waals surface area contributed by atoms with Crippen molar-refractivity contribution in [2.75, 3.05) is 14.2 Å². The highest BCUT2D eigenvalue weighted by Gasteiger charge is 2.16. The third-order valence-corrected chi connectivity index (χ3v) is 3.08. The van der Waals surface area contributed by atoms with Gasteiger partial charge >= 0.3 is 0 Å². The van der Waals surface area contributed by atoms with Crippen molar-refractivity contribution < 1.29 is 23.4 Å². The molecule has 116 valence electrons. The van der Waals surface area contributed by atoms with E-state index in [4.69, 9.17) is 19.9 Å². The quantitative estimate of drug-likeness (QED) is 0.890. The molecule has 0 atom stereocenters. The Morgan fingerprint density at radius 2 is 1.86 bits per heavy atom. The lowest BCUT2D eigenvalue weighted by atomic mass is 10.1. The number of halogens is 1. The topological polar surface area (TPSA) is 70.8 Å². The minimum Gasteiger partial charge on any atom is -0.496 e. The Morgan fingerprint density at radius 3 is 2.50 bits per heavy atom. The number of benzene rings is 2. The number of hydrogen-bond acceptors (Lipinski definition) is 4. The fourth-order valence-electron chi connectivity index (χ4n) is 2.03. The number of methoxy groups -OCH3 is 2. The monoisotopic (exact) mass is 305 g/mol. The summed E-state index contributed by atoms with van der Waals surface area (Å²) in [6.45, 7) is 0.00157. The van der Waals surface area contributed by atoms with Gasteiger partial charge in [0.25, 0.3) is 5.91 Å². The largest absolute Gasteiger partial charge is 0.496 e. The molecule has 2 N–H and O–H groups in total. The first-order chi connectivity index (χ1) is 10.6. The predicted molar refractivity (Wildman–Crippen MR) is 78.8 cm³/mol. The van der Waals surface area contributed by atoms with Crippen LogP contribution >= 0.6 is 0 Å². The maximum Gasteiger partial charge on any atom is 0.252 e. The Kier molecular flexibility index (Phi) is 4.83. The summed E-state index contributed by atoms with van der Waals surface area (Å²) in [4.78, 5) is 11.5. The SMILES string of the molecule is COc1ccc(F)cc1COc1c(OC)cccc1C(N)=O. The van der Waals surface area contributed by atoms with Gasteiger partial charge in [-0.05, 0) is 30.3 Å². The van der Waals surface area contributed by atoms with Crippen molar-refractivity contribution in [1.29, 1.82) is 0 Å². The lowest BCUT2D eigenvalue weighted by Gasteiger charge is -2.15. The third kappa shape index (κ3) is 3.28. The molecule has 0 aliphatic carbocycles. The van der Waals surface area contributed by atoms with Crippen molar-refractivity contribution in [3.05, 3.63) is 53.3 Å². The molecule has 0 aromatic heterocycles. The standard InChI is InChI=1S/C16H16FNO4/c1-20-13-7-6-11(17)8-10(13)9-22-15-12(16(18)19)4-3-5-14(15)21-2/h3-8H,9H2,1-2H3,(H2,18,19). The highest BCUT2D eigenvalue weighted by Crippen LogP contribution is 2.32. The van der Waals surface area contributed by atoms with Crippen molar-refractivity contribution in [1.82, 2.24) is 0 Å². The van der Waals surface area contributed by atoms with Gasteiger partial charge in [0.1, 0.15) is 18.2 Å².